The second-order valence-corrected chi connectivity index (χ2v) is 5.60. The summed E-state index contributed by atoms with van der Waals surface area (Å²) < 4.78 is 10.4. The SMILES string of the molecule is C=C[C@@H](CCCC(OC)OC)NO[C@@H](CCC)c1ccccc1. The number of nitrogens with one attached hydrogen (secondary N) is 1. The molecule has 0 unspecified atom stereocenters. The Labute approximate surface area is 140 Å². The van der Waals surface area contributed by atoms with Crippen molar-refractivity contribution in [3.63, 3.8) is 0 Å². The number of methoxy groups -OCH3 is 2. The molecule has 0 spiro atoms. The number of hydrogen-bond acceptors (Lipinski definition) is 4. The van der Waals surface area contributed by atoms with E-state index in [4.69, 9.17) is 14.3 Å². The van der Waals surface area contributed by atoms with Gasteiger partial charge in [-0.2, -0.15) is 5.48 Å². The van der Waals surface area contributed by atoms with Crippen LogP contribution >= 0.6 is 0 Å². The van der Waals surface area contributed by atoms with Gasteiger partial charge in [-0.25, -0.2) is 0 Å². The highest BCUT2D eigenvalue weighted by atomic mass is 16.7. The standard InChI is InChI=1S/C19H31NO3/c1-5-11-18(16-12-8-7-9-13-16)23-20-17(6-2)14-10-15-19(21-3)22-4/h6-9,12-13,17-20H,2,5,10-11,14-15H2,1,3-4H3/t17-,18-/m0/s1. The molecule has 0 fully saturated rings. The van der Waals surface area contributed by atoms with Crippen LogP contribution in [0.4, 0.5) is 0 Å². The Bertz CT molecular complexity index is 406. The Morgan fingerprint density at radius 2 is 1.78 bits per heavy atom. The first kappa shape index (κ1) is 19.8. The lowest BCUT2D eigenvalue weighted by molar-refractivity contribution is -0.108. The van der Waals surface area contributed by atoms with E-state index < -0.39 is 0 Å². The summed E-state index contributed by atoms with van der Waals surface area (Å²) in [6, 6.07) is 10.4. The molecule has 4 heteroatoms. The molecular weight excluding hydrogens is 290 g/mol. The van der Waals surface area contributed by atoms with Crippen LogP contribution < -0.4 is 5.48 Å². The molecule has 0 heterocycles. The van der Waals surface area contributed by atoms with Crippen molar-refractivity contribution >= 4 is 0 Å². The smallest absolute Gasteiger partial charge is 0.156 e. The Morgan fingerprint density at radius 3 is 2.35 bits per heavy atom. The average Bonchev–Trinajstić information content (AvgIpc) is 2.61. The van der Waals surface area contributed by atoms with Crippen molar-refractivity contribution in [1.29, 1.82) is 0 Å². The van der Waals surface area contributed by atoms with E-state index in [-0.39, 0.29) is 18.4 Å². The molecule has 130 valence electrons. The third-order valence-corrected chi connectivity index (χ3v) is 3.85. The minimum Gasteiger partial charge on any atom is -0.356 e. The zero-order valence-corrected chi connectivity index (χ0v) is 14.7. The van der Waals surface area contributed by atoms with Gasteiger partial charge < -0.3 is 9.47 Å². The molecule has 0 aliphatic heterocycles. The van der Waals surface area contributed by atoms with E-state index in [0.29, 0.717) is 0 Å². The summed E-state index contributed by atoms with van der Waals surface area (Å²) in [5, 5.41) is 0. The Kier molecular flexibility index (Phi) is 10.6. The van der Waals surface area contributed by atoms with Gasteiger partial charge in [0.1, 0.15) is 6.10 Å². The molecule has 1 rings (SSSR count). The van der Waals surface area contributed by atoms with Crippen LogP contribution in [0.15, 0.2) is 43.0 Å². The van der Waals surface area contributed by atoms with Gasteiger partial charge in [0.05, 0.1) is 0 Å². The van der Waals surface area contributed by atoms with Crippen LogP contribution in [0.2, 0.25) is 0 Å². The third-order valence-electron chi connectivity index (χ3n) is 3.85. The summed E-state index contributed by atoms with van der Waals surface area (Å²) in [6.45, 7) is 6.06. The first-order chi connectivity index (χ1) is 11.2. The van der Waals surface area contributed by atoms with Crippen molar-refractivity contribution in [2.24, 2.45) is 0 Å². The molecule has 0 saturated heterocycles. The van der Waals surface area contributed by atoms with Gasteiger partial charge in [0, 0.05) is 20.3 Å². The number of hydrogen-bond donors (Lipinski definition) is 1. The molecular formula is C19H31NO3. The molecule has 0 amide bonds. The van der Waals surface area contributed by atoms with Crippen molar-refractivity contribution in [1.82, 2.24) is 5.48 Å². The molecule has 0 aliphatic rings. The summed E-state index contributed by atoms with van der Waals surface area (Å²) in [4.78, 5) is 5.95. The molecule has 0 aliphatic carbocycles. The summed E-state index contributed by atoms with van der Waals surface area (Å²) in [5.74, 6) is 0. The molecule has 1 aromatic rings. The van der Waals surface area contributed by atoms with Crippen LogP contribution in [0, 0.1) is 0 Å². The quantitative estimate of drug-likeness (QED) is 0.332. The third kappa shape index (κ3) is 7.75. The van der Waals surface area contributed by atoms with Crippen LogP contribution in [0.5, 0.6) is 0 Å². The van der Waals surface area contributed by atoms with Crippen LogP contribution in [0.3, 0.4) is 0 Å². The minimum absolute atomic E-state index is 0.0642. The van der Waals surface area contributed by atoms with Crippen LogP contribution in [-0.2, 0) is 14.3 Å². The lowest BCUT2D eigenvalue weighted by Gasteiger charge is -2.22. The summed E-state index contributed by atoms with van der Waals surface area (Å²) >= 11 is 0. The number of hydroxylamine groups is 1. The van der Waals surface area contributed by atoms with Crippen molar-refractivity contribution < 1.29 is 14.3 Å². The molecule has 0 radical (unpaired) electrons. The van der Waals surface area contributed by atoms with Gasteiger partial charge in [-0.1, -0.05) is 49.8 Å². The highest BCUT2D eigenvalue weighted by Crippen LogP contribution is 2.22. The molecule has 2 atom stereocenters. The minimum atomic E-state index is -0.140. The molecule has 1 aromatic carbocycles. The summed E-state index contributed by atoms with van der Waals surface area (Å²) in [7, 11) is 3.32. The predicted molar refractivity (Wildman–Crippen MR) is 94.0 cm³/mol. The van der Waals surface area contributed by atoms with Gasteiger partial charge in [-0.05, 0) is 31.2 Å². The lowest BCUT2D eigenvalue weighted by Crippen LogP contribution is -2.29. The van der Waals surface area contributed by atoms with Crippen molar-refractivity contribution in [3.05, 3.63) is 48.6 Å². The number of ether oxygens (including phenoxy) is 2. The Hall–Kier alpha value is -1.20. The van der Waals surface area contributed by atoms with Crippen molar-refractivity contribution in [3.8, 4) is 0 Å². The molecule has 4 nitrogen and oxygen atoms in total. The molecule has 1 N–H and O–H groups in total. The second kappa shape index (κ2) is 12.3. The zero-order chi connectivity index (χ0) is 16.9. The van der Waals surface area contributed by atoms with Gasteiger partial charge in [0.2, 0.25) is 0 Å². The largest absolute Gasteiger partial charge is 0.356 e. The van der Waals surface area contributed by atoms with Gasteiger partial charge in [-0.3, -0.25) is 4.84 Å². The van der Waals surface area contributed by atoms with Gasteiger partial charge in [-0.15, -0.1) is 6.58 Å². The molecule has 23 heavy (non-hydrogen) atoms. The van der Waals surface area contributed by atoms with Gasteiger partial charge in [0.15, 0.2) is 6.29 Å². The fourth-order valence-corrected chi connectivity index (χ4v) is 2.45. The molecule has 0 aromatic heterocycles. The second-order valence-electron chi connectivity index (χ2n) is 5.60. The molecule has 0 bridgehead atoms. The summed E-state index contributed by atoms with van der Waals surface area (Å²) in [6.07, 6.45) is 6.63. The van der Waals surface area contributed by atoms with E-state index >= 15 is 0 Å². The van der Waals surface area contributed by atoms with E-state index in [0.717, 1.165) is 32.1 Å². The fraction of sp³-hybridized carbons (Fsp3) is 0.579. The first-order valence-corrected chi connectivity index (χ1v) is 8.39. The van der Waals surface area contributed by atoms with Crippen LogP contribution in [-0.4, -0.2) is 26.6 Å². The zero-order valence-electron chi connectivity index (χ0n) is 14.7. The summed E-state index contributed by atoms with van der Waals surface area (Å²) in [5.41, 5.74) is 4.36. The molecule has 0 saturated carbocycles. The lowest BCUT2D eigenvalue weighted by atomic mass is 10.1. The van der Waals surface area contributed by atoms with E-state index in [1.54, 1.807) is 14.2 Å². The monoisotopic (exact) mass is 321 g/mol. The highest BCUT2D eigenvalue weighted by Gasteiger charge is 2.14. The maximum Gasteiger partial charge on any atom is 0.156 e. The van der Waals surface area contributed by atoms with E-state index in [1.807, 2.05) is 24.3 Å². The Morgan fingerprint density at radius 1 is 1.09 bits per heavy atom. The highest BCUT2D eigenvalue weighted by molar-refractivity contribution is 5.17. The Balaban J connectivity index is 2.43. The van der Waals surface area contributed by atoms with E-state index in [9.17, 15) is 0 Å². The van der Waals surface area contributed by atoms with E-state index in [1.165, 1.54) is 5.56 Å². The van der Waals surface area contributed by atoms with Crippen LogP contribution in [0.1, 0.15) is 50.7 Å². The van der Waals surface area contributed by atoms with Crippen molar-refractivity contribution in [2.45, 2.75) is 57.5 Å². The van der Waals surface area contributed by atoms with Crippen molar-refractivity contribution in [2.75, 3.05) is 14.2 Å². The van der Waals surface area contributed by atoms with Gasteiger partial charge >= 0.3 is 0 Å². The maximum atomic E-state index is 5.95. The fourth-order valence-electron chi connectivity index (χ4n) is 2.45. The number of rotatable bonds is 13. The average molecular weight is 321 g/mol. The normalized spacial score (nSPS) is 13.9. The topological polar surface area (TPSA) is 39.7 Å². The van der Waals surface area contributed by atoms with Crippen LogP contribution in [0.25, 0.3) is 0 Å². The van der Waals surface area contributed by atoms with Gasteiger partial charge in [0.25, 0.3) is 0 Å². The van der Waals surface area contributed by atoms with E-state index in [2.05, 4.69) is 31.1 Å². The predicted octanol–water partition coefficient (Wildman–Crippen LogP) is 4.39. The maximum absolute atomic E-state index is 5.95. The number of benzene rings is 1. The first-order valence-electron chi connectivity index (χ1n) is 8.39.